The number of unbranched alkanes of at least 4 members (excludes halogenated alkanes) is 37. The van der Waals surface area contributed by atoms with Gasteiger partial charge < -0.3 is 20.3 Å². The standard InChI is InChI=1S/C53H105NO5/c1-4-7-10-13-16-19-22-23-24-25-26-27-28-29-31-34-37-40-43-46-53(58)59-49(44-41-38-35-32-30-20-17-14-11-8-5-2)47-52(57)54-50(48-55)51(56)45-42-39-36-33-21-18-15-12-9-6-3/h49-51,55-56H,4-48H2,1-3H3,(H,54,57). The van der Waals surface area contributed by atoms with E-state index in [4.69, 9.17) is 4.74 Å². The van der Waals surface area contributed by atoms with E-state index < -0.39 is 18.2 Å². The Balaban J connectivity index is 4.40. The molecule has 6 nitrogen and oxygen atoms in total. The summed E-state index contributed by atoms with van der Waals surface area (Å²) in [5.41, 5.74) is 0. The number of rotatable bonds is 49. The summed E-state index contributed by atoms with van der Waals surface area (Å²) < 4.78 is 5.94. The molecule has 59 heavy (non-hydrogen) atoms. The molecule has 0 radical (unpaired) electrons. The molecule has 3 atom stereocenters. The van der Waals surface area contributed by atoms with Crippen molar-refractivity contribution >= 4 is 11.9 Å². The molecule has 3 unspecified atom stereocenters. The molecule has 0 spiro atoms. The predicted molar refractivity (Wildman–Crippen MR) is 255 cm³/mol. The molecule has 1 amide bonds. The molecule has 0 bridgehead atoms. The molecular formula is C53H105NO5. The van der Waals surface area contributed by atoms with Gasteiger partial charge in [0.25, 0.3) is 0 Å². The molecule has 0 aliphatic heterocycles. The quantitative estimate of drug-likeness (QED) is 0.0419. The molecule has 0 aliphatic carbocycles. The van der Waals surface area contributed by atoms with Crippen molar-refractivity contribution in [3.05, 3.63) is 0 Å². The average molecular weight is 836 g/mol. The van der Waals surface area contributed by atoms with Gasteiger partial charge in [-0.2, -0.15) is 0 Å². The molecule has 0 aromatic heterocycles. The van der Waals surface area contributed by atoms with E-state index in [0.717, 1.165) is 38.5 Å². The van der Waals surface area contributed by atoms with Crippen molar-refractivity contribution in [2.75, 3.05) is 6.61 Å². The van der Waals surface area contributed by atoms with Gasteiger partial charge in [0, 0.05) is 6.42 Å². The van der Waals surface area contributed by atoms with E-state index in [2.05, 4.69) is 26.1 Å². The molecule has 0 aromatic carbocycles. The summed E-state index contributed by atoms with van der Waals surface area (Å²) in [6.07, 6.45) is 51.7. The van der Waals surface area contributed by atoms with E-state index in [0.29, 0.717) is 19.3 Å². The Kier molecular flexibility index (Phi) is 47.0. The van der Waals surface area contributed by atoms with Gasteiger partial charge in [-0.1, -0.05) is 265 Å². The lowest BCUT2D eigenvalue weighted by Gasteiger charge is -2.24. The number of ether oxygens (including phenoxy) is 1. The molecule has 0 fully saturated rings. The third kappa shape index (κ3) is 43.3. The highest BCUT2D eigenvalue weighted by Gasteiger charge is 2.24. The normalized spacial score (nSPS) is 13.1. The van der Waals surface area contributed by atoms with Crippen LogP contribution in [0.4, 0.5) is 0 Å². The molecule has 3 N–H and O–H groups in total. The van der Waals surface area contributed by atoms with Crippen LogP contribution in [0.5, 0.6) is 0 Å². The van der Waals surface area contributed by atoms with Crippen LogP contribution in [0.3, 0.4) is 0 Å². The number of carbonyl (C=O) groups excluding carboxylic acids is 2. The van der Waals surface area contributed by atoms with Crippen molar-refractivity contribution in [3.63, 3.8) is 0 Å². The second kappa shape index (κ2) is 47.9. The first kappa shape index (κ1) is 57.9. The number of amides is 1. The Morgan fingerprint density at radius 1 is 0.424 bits per heavy atom. The van der Waals surface area contributed by atoms with E-state index in [1.165, 1.54) is 218 Å². The van der Waals surface area contributed by atoms with Crippen molar-refractivity contribution < 1.29 is 24.5 Å². The third-order valence-corrected chi connectivity index (χ3v) is 12.7. The molecule has 352 valence electrons. The number of aliphatic hydroxyl groups excluding tert-OH is 2. The van der Waals surface area contributed by atoms with E-state index in [-0.39, 0.29) is 24.9 Å². The highest BCUT2D eigenvalue weighted by Crippen LogP contribution is 2.19. The number of carbonyl (C=O) groups is 2. The first-order chi connectivity index (χ1) is 29.0. The van der Waals surface area contributed by atoms with Crippen LogP contribution in [0.1, 0.15) is 303 Å². The Hall–Kier alpha value is -1.14. The zero-order valence-electron chi connectivity index (χ0n) is 40.2. The number of hydrogen-bond acceptors (Lipinski definition) is 5. The number of esters is 1. The monoisotopic (exact) mass is 836 g/mol. The summed E-state index contributed by atoms with van der Waals surface area (Å²) in [7, 11) is 0. The van der Waals surface area contributed by atoms with E-state index in [9.17, 15) is 19.8 Å². The van der Waals surface area contributed by atoms with Crippen LogP contribution >= 0.6 is 0 Å². The number of aliphatic hydroxyl groups is 2. The molecule has 0 aliphatic rings. The highest BCUT2D eigenvalue weighted by molar-refractivity contribution is 5.77. The second-order valence-corrected chi connectivity index (χ2v) is 18.6. The van der Waals surface area contributed by atoms with Crippen LogP contribution in [0.15, 0.2) is 0 Å². The fourth-order valence-corrected chi connectivity index (χ4v) is 8.61. The van der Waals surface area contributed by atoms with Crippen molar-refractivity contribution in [2.45, 2.75) is 322 Å². The number of hydrogen-bond donors (Lipinski definition) is 3. The Morgan fingerprint density at radius 3 is 1.03 bits per heavy atom. The Morgan fingerprint density at radius 2 is 0.712 bits per heavy atom. The van der Waals surface area contributed by atoms with Gasteiger partial charge in [0.05, 0.1) is 25.2 Å². The van der Waals surface area contributed by atoms with Crippen LogP contribution in [0.25, 0.3) is 0 Å². The molecule has 0 rings (SSSR count). The minimum absolute atomic E-state index is 0.0875. The van der Waals surface area contributed by atoms with Gasteiger partial charge in [-0.3, -0.25) is 9.59 Å². The lowest BCUT2D eigenvalue weighted by Crippen LogP contribution is -2.46. The molecule has 0 saturated carbocycles. The summed E-state index contributed by atoms with van der Waals surface area (Å²) >= 11 is 0. The van der Waals surface area contributed by atoms with Crippen molar-refractivity contribution in [1.29, 1.82) is 0 Å². The summed E-state index contributed by atoms with van der Waals surface area (Å²) in [5, 5.41) is 23.7. The Bertz CT molecular complexity index is 852. The van der Waals surface area contributed by atoms with Crippen LogP contribution < -0.4 is 5.32 Å². The summed E-state index contributed by atoms with van der Waals surface area (Å²) in [6.45, 7) is 6.50. The van der Waals surface area contributed by atoms with Crippen LogP contribution in [0, 0.1) is 0 Å². The molecular weight excluding hydrogens is 731 g/mol. The van der Waals surface area contributed by atoms with Gasteiger partial charge in [-0.15, -0.1) is 0 Å². The summed E-state index contributed by atoms with van der Waals surface area (Å²) in [4.78, 5) is 26.1. The van der Waals surface area contributed by atoms with Crippen LogP contribution in [-0.2, 0) is 14.3 Å². The van der Waals surface area contributed by atoms with Gasteiger partial charge in [0.1, 0.15) is 6.10 Å². The maximum absolute atomic E-state index is 13.2. The SMILES string of the molecule is CCCCCCCCCCCCCCCCCCCCCC(=O)OC(CCCCCCCCCCCCC)CC(=O)NC(CO)C(O)CCCCCCCCCCCC. The predicted octanol–water partition coefficient (Wildman–Crippen LogP) is 16.0. The summed E-state index contributed by atoms with van der Waals surface area (Å²) in [5.74, 6) is -0.451. The van der Waals surface area contributed by atoms with Crippen molar-refractivity contribution in [3.8, 4) is 0 Å². The minimum atomic E-state index is -0.778. The smallest absolute Gasteiger partial charge is 0.306 e. The molecule has 0 saturated heterocycles. The Labute approximate surface area is 368 Å². The fraction of sp³-hybridized carbons (Fsp3) is 0.962. The van der Waals surface area contributed by atoms with Crippen LogP contribution in [-0.4, -0.2) is 46.9 Å². The van der Waals surface area contributed by atoms with Gasteiger partial charge in [-0.05, 0) is 25.7 Å². The first-order valence-electron chi connectivity index (χ1n) is 26.8. The fourth-order valence-electron chi connectivity index (χ4n) is 8.61. The van der Waals surface area contributed by atoms with Crippen molar-refractivity contribution in [2.24, 2.45) is 0 Å². The largest absolute Gasteiger partial charge is 0.462 e. The molecule has 0 heterocycles. The number of nitrogens with one attached hydrogen (secondary N) is 1. The highest BCUT2D eigenvalue weighted by atomic mass is 16.5. The topological polar surface area (TPSA) is 95.9 Å². The zero-order chi connectivity index (χ0) is 43.1. The average Bonchev–Trinajstić information content (AvgIpc) is 3.23. The molecule has 0 aromatic rings. The van der Waals surface area contributed by atoms with Gasteiger partial charge in [0.2, 0.25) is 5.91 Å². The lowest BCUT2D eigenvalue weighted by molar-refractivity contribution is -0.151. The first-order valence-corrected chi connectivity index (χ1v) is 26.8. The maximum atomic E-state index is 13.2. The van der Waals surface area contributed by atoms with Gasteiger partial charge >= 0.3 is 5.97 Å². The maximum Gasteiger partial charge on any atom is 0.306 e. The molecule has 6 heteroatoms. The third-order valence-electron chi connectivity index (χ3n) is 12.7. The second-order valence-electron chi connectivity index (χ2n) is 18.6. The summed E-state index contributed by atoms with van der Waals surface area (Å²) in [6, 6.07) is -0.691. The van der Waals surface area contributed by atoms with E-state index in [1.807, 2.05) is 0 Å². The minimum Gasteiger partial charge on any atom is -0.462 e. The van der Waals surface area contributed by atoms with E-state index in [1.54, 1.807) is 0 Å². The van der Waals surface area contributed by atoms with E-state index >= 15 is 0 Å². The van der Waals surface area contributed by atoms with Crippen LogP contribution in [0.2, 0.25) is 0 Å². The van der Waals surface area contributed by atoms with Gasteiger partial charge in [0.15, 0.2) is 0 Å². The van der Waals surface area contributed by atoms with Gasteiger partial charge in [-0.25, -0.2) is 0 Å². The van der Waals surface area contributed by atoms with Crippen molar-refractivity contribution in [1.82, 2.24) is 5.32 Å². The lowest BCUT2D eigenvalue weighted by atomic mass is 10.0. The zero-order valence-corrected chi connectivity index (χ0v) is 40.2.